The number of hydrogen-bond acceptors (Lipinski definition) is 7. The first-order valence-electron chi connectivity index (χ1n) is 12.5. The molecule has 0 saturated heterocycles. The fraction of sp³-hybridized carbons (Fsp3) is 0.276. The number of methoxy groups -OCH3 is 1. The summed E-state index contributed by atoms with van der Waals surface area (Å²) in [5.74, 6) is 0.632. The Labute approximate surface area is 230 Å². The Kier molecular flexibility index (Phi) is 8.03. The first kappa shape index (κ1) is 28.1. The monoisotopic (exact) mass is 545 g/mol. The van der Waals surface area contributed by atoms with E-state index >= 15 is 0 Å². The van der Waals surface area contributed by atoms with Crippen LogP contribution in [0, 0.1) is 0 Å². The zero-order valence-electron chi connectivity index (χ0n) is 23.0. The van der Waals surface area contributed by atoms with Crippen LogP contribution >= 0.6 is 0 Å². The Hall–Kier alpha value is -4.93. The average Bonchev–Trinajstić information content (AvgIpc) is 2.92. The van der Waals surface area contributed by atoms with Crippen LogP contribution in [0.25, 0.3) is 10.9 Å². The normalized spacial score (nSPS) is 11.2. The van der Waals surface area contributed by atoms with Gasteiger partial charge in [-0.1, -0.05) is 18.2 Å². The number of nitrogens with zero attached hydrogens (tertiary/aromatic N) is 3. The summed E-state index contributed by atoms with van der Waals surface area (Å²) < 4.78 is 12.8. The molecule has 40 heavy (non-hydrogen) atoms. The summed E-state index contributed by atoms with van der Waals surface area (Å²) >= 11 is 0. The third kappa shape index (κ3) is 6.55. The molecule has 0 spiro atoms. The predicted molar refractivity (Wildman–Crippen MR) is 151 cm³/mol. The molecule has 0 aliphatic carbocycles. The van der Waals surface area contributed by atoms with Gasteiger partial charge < -0.3 is 14.8 Å². The van der Waals surface area contributed by atoms with Crippen molar-refractivity contribution < 1.29 is 19.1 Å². The topological polar surface area (TPSA) is 134 Å². The minimum absolute atomic E-state index is 0.0466. The number of nitrogens with one attached hydrogen (secondary N) is 2. The molecule has 0 bridgehead atoms. The van der Waals surface area contributed by atoms with Crippen LogP contribution in [0.1, 0.15) is 42.3 Å². The van der Waals surface area contributed by atoms with E-state index in [1.165, 1.54) is 16.8 Å². The minimum Gasteiger partial charge on any atom is -0.497 e. The summed E-state index contributed by atoms with van der Waals surface area (Å²) in [4.78, 5) is 55.4. The van der Waals surface area contributed by atoms with Gasteiger partial charge >= 0.3 is 11.8 Å². The van der Waals surface area contributed by atoms with Gasteiger partial charge in [0.05, 0.1) is 24.6 Å². The van der Waals surface area contributed by atoms with E-state index in [9.17, 15) is 19.2 Å². The highest BCUT2D eigenvalue weighted by atomic mass is 16.6. The van der Waals surface area contributed by atoms with Crippen LogP contribution < -0.4 is 26.6 Å². The first-order valence-corrected chi connectivity index (χ1v) is 12.5. The Bertz CT molecular complexity index is 1670. The highest BCUT2D eigenvalue weighted by molar-refractivity contribution is 5.97. The largest absolute Gasteiger partial charge is 0.497 e. The number of rotatable bonds is 7. The Morgan fingerprint density at radius 1 is 0.975 bits per heavy atom. The van der Waals surface area contributed by atoms with Crippen LogP contribution in [-0.2, 0) is 24.9 Å². The molecule has 0 aliphatic heterocycles. The molecule has 0 fully saturated rings. The Balaban J connectivity index is 1.54. The van der Waals surface area contributed by atoms with Crippen LogP contribution in [0.5, 0.6) is 5.75 Å². The molecule has 11 heteroatoms. The zero-order chi connectivity index (χ0) is 29.0. The van der Waals surface area contributed by atoms with Gasteiger partial charge in [0.2, 0.25) is 0 Å². The lowest BCUT2D eigenvalue weighted by atomic mass is 10.1. The van der Waals surface area contributed by atoms with Crippen molar-refractivity contribution in [3.63, 3.8) is 0 Å². The number of aryl methyl sites for hydroxylation is 1. The van der Waals surface area contributed by atoms with E-state index in [2.05, 4.69) is 15.6 Å². The minimum atomic E-state index is -0.654. The van der Waals surface area contributed by atoms with E-state index in [1.54, 1.807) is 71.3 Å². The molecule has 2 amide bonds. The molecular formula is C29H31N5O6. The molecule has 208 valence electrons. The van der Waals surface area contributed by atoms with Gasteiger partial charge in [-0.2, -0.15) is 0 Å². The molecule has 0 unspecified atom stereocenters. The second kappa shape index (κ2) is 11.4. The van der Waals surface area contributed by atoms with Gasteiger partial charge in [0.1, 0.15) is 17.2 Å². The number of ether oxygens (including phenoxy) is 2. The highest BCUT2D eigenvalue weighted by Gasteiger charge is 2.17. The van der Waals surface area contributed by atoms with Crippen molar-refractivity contribution in [1.29, 1.82) is 0 Å². The number of benzene rings is 2. The van der Waals surface area contributed by atoms with Crippen LogP contribution in [0.15, 0.2) is 70.4 Å². The van der Waals surface area contributed by atoms with Gasteiger partial charge in [0, 0.05) is 25.4 Å². The molecule has 11 nitrogen and oxygen atoms in total. The van der Waals surface area contributed by atoms with E-state index in [0.717, 1.165) is 15.9 Å². The second-order valence-electron chi connectivity index (χ2n) is 10.2. The number of carbonyl (C=O) groups is 2. The van der Waals surface area contributed by atoms with Gasteiger partial charge in [-0.15, -0.1) is 0 Å². The number of anilines is 1. The average molecular weight is 546 g/mol. The van der Waals surface area contributed by atoms with Crippen molar-refractivity contribution >= 4 is 28.7 Å². The summed E-state index contributed by atoms with van der Waals surface area (Å²) in [5, 5.41) is 5.61. The van der Waals surface area contributed by atoms with E-state index in [1.807, 2.05) is 12.1 Å². The number of pyridine rings is 1. The standard InChI is InChI=1S/C29H31N5O6/c1-29(2,3)40-27(37)32-24-13-8-19(16-30-24)17-34-26(36)22-14-20(9-12-23(22)33(4)28(34)38)25(35)31-15-18-6-10-21(39-5)11-7-18/h6-14,16H,15,17H2,1-5H3,(H,31,35)(H,30,32,37). The van der Waals surface area contributed by atoms with Crippen molar-refractivity contribution in [2.45, 2.75) is 39.5 Å². The van der Waals surface area contributed by atoms with Crippen molar-refractivity contribution in [2.75, 3.05) is 12.4 Å². The van der Waals surface area contributed by atoms with Gasteiger partial charge in [0.25, 0.3) is 11.5 Å². The van der Waals surface area contributed by atoms with Crippen molar-refractivity contribution in [3.8, 4) is 5.75 Å². The van der Waals surface area contributed by atoms with Gasteiger partial charge in [-0.25, -0.2) is 14.6 Å². The second-order valence-corrected chi connectivity index (χ2v) is 10.2. The van der Waals surface area contributed by atoms with Crippen LogP contribution in [0.3, 0.4) is 0 Å². The lowest BCUT2D eigenvalue weighted by molar-refractivity contribution is 0.0635. The van der Waals surface area contributed by atoms with Crippen LogP contribution in [-0.4, -0.2) is 38.8 Å². The molecule has 0 radical (unpaired) electrons. The summed E-state index contributed by atoms with van der Waals surface area (Å²) in [5.41, 5.74) is 0.472. The number of aromatic nitrogens is 3. The first-order chi connectivity index (χ1) is 18.9. The SMILES string of the molecule is COc1ccc(CNC(=O)c2ccc3c(c2)c(=O)n(Cc2ccc(NC(=O)OC(C)(C)C)nc2)c(=O)n3C)cc1. The maximum atomic E-state index is 13.4. The summed E-state index contributed by atoms with van der Waals surface area (Å²) in [6, 6.07) is 15.2. The fourth-order valence-corrected chi connectivity index (χ4v) is 4.01. The summed E-state index contributed by atoms with van der Waals surface area (Å²) in [6.07, 6.45) is 0.822. The molecule has 0 saturated carbocycles. The van der Waals surface area contributed by atoms with Crippen LogP contribution in [0.2, 0.25) is 0 Å². The number of amides is 2. The molecule has 4 rings (SSSR count). The highest BCUT2D eigenvalue weighted by Crippen LogP contribution is 2.14. The Morgan fingerprint density at radius 3 is 2.30 bits per heavy atom. The van der Waals surface area contributed by atoms with Crippen molar-refractivity contribution in [3.05, 3.63) is 98.3 Å². The van der Waals surface area contributed by atoms with Gasteiger partial charge in [-0.3, -0.25) is 24.0 Å². The Morgan fingerprint density at radius 2 is 1.68 bits per heavy atom. The fourth-order valence-electron chi connectivity index (χ4n) is 4.01. The van der Waals surface area contributed by atoms with E-state index in [-0.39, 0.29) is 23.7 Å². The molecule has 2 heterocycles. The molecular weight excluding hydrogens is 514 g/mol. The molecule has 2 aromatic carbocycles. The summed E-state index contributed by atoms with van der Waals surface area (Å²) in [6.45, 7) is 5.51. The molecule has 0 aliphatic rings. The molecule has 4 aromatic rings. The lowest BCUT2D eigenvalue weighted by Crippen LogP contribution is -2.39. The zero-order valence-corrected chi connectivity index (χ0v) is 23.0. The lowest BCUT2D eigenvalue weighted by Gasteiger charge is -2.19. The molecule has 2 aromatic heterocycles. The van der Waals surface area contributed by atoms with E-state index in [4.69, 9.17) is 9.47 Å². The van der Waals surface area contributed by atoms with E-state index < -0.39 is 22.9 Å². The van der Waals surface area contributed by atoms with Gasteiger partial charge in [0.15, 0.2) is 0 Å². The third-order valence-electron chi connectivity index (χ3n) is 6.02. The quantitative estimate of drug-likeness (QED) is 0.363. The molecule has 0 atom stereocenters. The van der Waals surface area contributed by atoms with Crippen molar-refractivity contribution in [2.24, 2.45) is 7.05 Å². The summed E-state index contributed by atoms with van der Waals surface area (Å²) in [7, 11) is 3.15. The smallest absolute Gasteiger partial charge is 0.413 e. The van der Waals surface area contributed by atoms with E-state index in [0.29, 0.717) is 23.2 Å². The van der Waals surface area contributed by atoms with Gasteiger partial charge in [-0.05, 0) is 68.3 Å². The maximum Gasteiger partial charge on any atom is 0.413 e. The third-order valence-corrected chi connectivity index (χ3v) is 6.02. The number of hydrogen-bond donors (Lipinski definition) is 2. The maximum absolute atomic E-state index is 13.4. The van der Waals surface area contributed by atoms with Crippen LogP contribution in [0.4, 0.5) is 10.6 Å². The predicted octanol–water partition coefficient (Wildman–Crippen LogP) is 3.43. The molecule has 2 N–H and O–H groups in total. The number of fused-ring (bicyclic) bond motifs is 1. The van der Waals surface area contributed by atoms with Crippen molar-refractivity contribution in [1.82, 2.24) is 19.4 Å². The number of carbonyl (C=O) groups excluding carboxylic acids is 2.